The monoisotopic (exact) mass is 379 g/mol. The van der Waals surface area contributed by atoms with E-state index in [0.717, 1.165) is 44.5 Å². The van der Waals surface area contributed by atoms with Crippen LogP contribution in [0.5, 0.6) is 0 Å². The summed E-state index contributed by atoms with van der Waals surface area (Å²) in [6, 6.07) is 7.50. The third kappa shape index (κ3) is 6.29. The molecule has 144 valence electrons. The third-order valence-electron chi connectivity index (χ3n) is 5.31. The van der Waals surface area contributed by atoms with Crippen LogP contribution in [0.2, 0.25) is 0 Å². The summed E-state index contributed by atoms with van der Waals surface area (Å²) >= 11 is 0. The van der Waals surface area contributed by atoms with Crippen molar-refractivity contribution in [3.05, 3.63) is 29.8 Å². The second kappa shape index (κ2) is 10.5. The first-order valence-electron chi connectivity index (χ1n) is 9.62. The molecule has 1 aromatic carbocycles. The van der Waals surface area contributed by atoms with Gasteiger partial charge >= 0.3 is 0 Å². The molecule has 1 unspecified atom stereocenters. The molecule has 2 amide bonds. The minimum Gasteiger partial charge on any atom is -0.349 e. The molecule has 0 radical (unpaired) electrons. The van der Waals surface area contributed by atoms with Gasteiger partial charge in [-0.1, -0.05) is 19.3 Å². The number of carbonyl (C=O) groups is 2. The molecule has 1 atom stereocenters. The molecule has 1 heterocycles. The minimum atomic E-state index is -0.0153. The van der Waals surface area contributed by atoms with Gasteiger partial charge in [-0.2, -0.15) is 0 Å². The first-order chi connectivity index (χ1) is 12.2. The SMILES string of the molecule is Cl.O=C(CCC1CCNC1)Nc1ccc(C(=O)NC2CCCCC2)cc1. The summed E-state index contributed by atoms with van der Waals surface area (Å²) in [5, 5.41) is 9.36. The van der Waals surface area contributed by atoms with Crippen LogP contribution >= 0.6 is 12.4 Å². The highest BCUT2D eigenvalue weighted by atomic mass is 35.5. The summed E-state index contributed by atoms with van der Waals surface area (Å²) in [5.41, 5.74) is 1.41. The van der Waals surface area contributed by atoms with Crippen LogP contribution in [0.1, 0.15) is 61.7 Å². The lowest BCUT2D eigenvalue weighted by molar-refractivity contribution is -0.116. The highest BCUT2D eigenvalue weighted by Crippen LogP contribution is 2.19. The van der Waals surface area contributed by atoms with Gasteiger partial charge in [0.15, 0.2) is 0 Å². The van der Waals surface area contributed by atoms with E-state index in [1.54, 1.807) is 12.1 Å². The normalized spacial score (nSPS) is 20.2. The van der Waals surface area contributed by atoms with E-state index in [2.05, 4.69) is 16.0 Å². The van der Waals surface area contributed by atoms with Gasteiger partial charge < -0.3 is 16.0 Å². The Morgan fingerprint density at radius 3 is 2.42 bits per heavy atom. The van der Waals surface area contributed by atoms with Crippen molar-refractivity contribution in [3.63, 3.8) is 0 Å². The summed E-state index contributed by atoms with van der Waals surface area (Å²) in [6.07, 6.45) is 8.49. The highest BCUT2D eigenvalue weighted by Gasteiger charge is 2.17. The molecule has 5 nitrogen and oxygen atoms in total. The Morgan fingerprint density at radius 2 is 1.77 bits per heavy atom. The number of hydrogen-bond acceptors (Lipinski definition) is 3. The Balaban J connectivity index is 0.00000243. The van der Waals surface area contributed by atoms with Crippen LogP contribution in [0.4, 0.5) is 5.69 Å². The Kier molecular flexibility index (Phi) is 8.39. The summed E-state index contributed by atoms with van der Waals surface area (Å²) < 4.78 is 0. The zero-order valence-electron chi connectivity index (χ0n) is 15.3. The van der Waals surface area contributed by atoms with Gasteiger partial charge in [0, 0.05) is 23.7 Å². The number of benzene rings is 1. The van der Waals surface area contributed by atoms with Crippen LogP contribution < -0.4 is 16.0 Å². The van der Waals surface area contributed by atoms with Crippen LogP contribution in [0, 0.1) is 5.92 Å². The van der Waals surface area contributed by atoms with E-state index in [0.29, 0.717) is 23.9 Å². The fourth-order valence-electron chi connectivity index (χ4n) is 3.74. The van der Waals surface area contributed by atoms with Crippen LogP contribution in [-0.4, -0.2) is 30.9 Å². The molecule has 1 aromatic rings. The maximum absolute atomic E-state index is 12.3. The van der Waals surface area contributed by atoms with Gasteiger partial charge in [-0.15, -0.1) is 12.4 Å². The molecule has 1 aliphatic heterocycles. The number of anilines is 1. The topological polar surface area (TPSA) is 70.2 Å². The molecule has 1 saturated carbocycles. The quantitative estimate of drug-likeness (QED) is 0.708. The Hall–Kier alpha value is -1.59. The second-order valence-corrected chi connectivity index (χ2v) is 7.33. The molecule has 1 saturated heterocycles. The Labute approximate surface area is 162 Å². The van der Waals surface area contributed by atoms with Gasteiger partial charge in [-0.25, -0.2) is 0 Å². The maximum Gasteiger partial charge on any atom is 0.251 e. The van der Waals surface area contributed by atoms with Crippen molar-refractivity contribution in [1.29, 1.82) is 0 Å². The summed E-state index contributed by atoms with van der Waals surface area (Å²) in [5.74, 6) is 0.654. The molecular formula is C20H30ClN3O2. The van der Waals surface area contributed by atoms with Crippen molar-refractivity contribution < 1.29 is 9.59 Å². The first kappa shape index (κ1) is 20.7. The average Bonchev–Trinajstić information content (AvgIpc) is 3.15. The van der Waals surface area contributed by atoms with Crippen molar-refractivity contribution in [2.24, 2.45) is 5.92 Å². The number of rotatable bonds is 6. The van der Waals surface area contributed by atoms with E-state index in [1.165, 1.54) is 19.3 Å². The lowest BCUT2D eigenvalue weighted by Crippen LogP contribution is -2.36. The van der Waals surface area contributed by atoms with Crippen LogP contribution in [-0.2, 0) is 4.79 Å². The zero-order valence-corrected chi connectivity index (χ0v) is 16.1. The van der Waals surface area contributed by atoms with E-state index < -0.39 is 0 Å². The van der Waals surface area contributed by atoms with Gasteiger partial charge in [0.2, 0.25) is 5.91 Å². The van der Waals surface area contributed by atoms with Crippen LogP contribution in [0.3, 0.4) is 0 Å². The lowest BCUT2D eigenvalue weighted by atomic mass is 9.95. The molecule has 0 bridgehead atoms. The highest BCUT2D eigenvalue weighted by molar-refractivity contribution is 5.96. The number of hydrogen-bond donors (Lipinski definition) is 3. The zero-order chi connectivity index (χ0) is 17.5. The number of amides is 2. The third-order valence-corrected chi connectivity index (χ3v) is 5.31. The standard InChI is InChI=1S/C20H29N3O2.ClH/c24-19(11-6-15-12-13-21-14-15)22-18-9-7-16(8-10-18)20(25)23-17-4-2-1-3-5-17;/h7-10,15,17,21H,1-6,11-14H2,(H,22,24)(H,23,25);1H. The number of carbonyl (C=O) groups excluding carboxylic acids is 2. The molecule has 6 heteroatoms. The van der Waals surface area contributed by atoms with Gasteiger partial charge in [-0.3, -0.25) is 9.59 Å². The van der Waals surface area contributed by atoms with Crippen molar-refractivity contribution in [3.8, 4) is 0 Å². The largest absolute Gasteiger partial charge is 0.349 e. The Morgan fingerprint density at radius 1 is 1.04 bits per heavy atom. The van der Waals surface area contributed by atoms with E-state index >= 15 is 0 Å². The molecule has 1 aliphatic carbocycles. The number of halogens is 1. The predicted octanol–water partition coefficient (Wildman–Crippen LogP) is 3.50. The van der Waals surface area contributed by atoms with E-state index in [9.17, 15) is 9.59 Å². The molecular weight excluding hydrogens is 350 g/mol. The fraction of sp³-hybridized carbons (Fsp3) is 0.600. The number of nitrogens with one attached hydrogen (secondary N) is 3. The first-order valence-corrected chi connectivity index (χ1v) is 9.62. The molecule has 3 rings (SSSR count). The van der Waals surface area contributed by atoms with E-state index in [-0.39, 0.29) is 24.2 Å². The second-order valence-electron chi connectivity index (χ2n) is 7.33. The Bertz CT molecular complexity index is 579. The van der Waals surface area contributed by atoms with Crippen molar-refractivity contribution in [1.82, 2.24) is 10.6 Å². The van der Waals surface area contributed by atoms with Gasteiger partial charge in [0.1, 0.15) is 0 Å². The van der Waals surface area contributed by atoms with Gasteiger partial charge in [0.05, 0.1) is 0 Å². The predicted molar refractivity (Wildman–Crippen MR) is 107 cm³/mol. The molecule has 26 heavy (non-hydrogen) atoms. The molecule has 2 fully saturated rings. The van der Waals surface area contributed by atoms with Gasteiger partial charge in [-0.05, 0) is 69.0 Å². The lowest BCUT2D eigenvalue weighted by Gasteiger charge is -2.22. The summed E-state index contributed by atoms with van der Waals surface area (Å²) in [6.45, 7) is 2.09. The molecule has 0 spiro atoms. The maximum atomic E-state index is 12.3. The summed E-state index contributed by atoms with van der Waals surface area (Å²) in [4.78, 5) is 24.3. The van der Waals surface area contributed by atoms with Crippen LogP contribution in [0.15, 0.2) is 24.3 Å². The molecule has 3 N–H and O–H groups in total. The van der Waals surface area contributed by atoms with E-state index in [4.69, 9.17) is 0 Å². The van der Waals surface area contributed by atoms with Crippen molar-refractivity contribution >= 4 is 29.9 Å². The van der Waals surface area contributed by atoms with E-state index in [1.807, 2.05) is 12.1 Å². The molecule has 0 aromatic heterocycles. The average molecular weight is 380 g/mol. The smallest absolute Gasteiger partial charge is 0.251 e. The minimum absolute atomic E-state index is 0. The van der Waals surface area contributed by atoms with Crippen molar-refractivity contribution in [2.75, 3.05) is 18.4 Å². The van der Waals surface area contributed by atoms with Crippen LogP contribution in [0.25, 0.3) is 0 Å². The van der Waals surface area contributed by atoms with Crippen molar-refractivity contribution in [2.45, 2.75) is 57.4 Å². The van der Waals surface area contributed by atoms with Gasteiger partial charge in [0.25, 0.3) is 5.91 Å². The fourth-order valence-corrected chi connectivity index (χ4v) is 3.74. The summed E-state index contributed by atoms with van der Waals surface area (Å²) in [7, 11) is 0. The molecule has 2 aliphatic rings.